The van der Waals surface area contributed by atoms with E-state index < -0.39 is 30.2 Å². The second kappa shape index (κ2) is 8.19. The predicted octanol–water partition coefficient (Wildman–Crippen LogP) is 3.98. The number of anilines is 2. The standard InChI is InChI=1S/C19H23F3N2O3/c20-19(21,22)14-7-8-16(24-9-3-4-10-24)15(11-14)23-17(25)12-27-18(26)13-5-1-2-6-13/h7-8,11,13H,1-6,9-10,12H2,(H,23,25). The summed E-state index contributed by atoms with van der Waals surface area (Å²) >= 11 is 0. The number of halogens is 3. The number of hydrogen-bond acceptors (Lipinski definition) is 4. The first-order valence-electron chi connectivity index (χ1n) is 9.27. The van der Waals surface area contributed by atoms with Crippen LogP contribution in [0.3, 0.4) is 0 Å². The molecule has 1 heterocycles. The molecular formula is C19H23F3N2O3. The molecule has 1 amide bonds. The minimum atomic E-state index is -4.50. The minimum Gasteiger partial charge on any atom is -0.455 e. The monoisotopic (exact) mass is 384 g/mol. The van der Waals surface area contributed by atoms with Crippen molar-refractivity contribution in [3.63, 3.8) is 0 Å². The highest BCUT2D eigenvalue weighted by Gasteiger charge is 2.32. The van der Waals surface area contributed by atoms with Gasteiger partial charge in [-0.1, -0.05) is 12.8 Å². The molecule has 0 radical (unpaired) electrons. The van der Waals surface area contributed by atoms with E-state index in [2.05, 4.69) is 5.32 Å². The van der Waals surface area contributed by atoms with Crippen LogP contribution in [-0.4, -0.2) is 31.6 Å². The normalized spacial score (nSPS) is 18.0. The number of carbonyl (C=O) groups excluding carboxylic acids is 2. The summed E-state index contributed by atoms with van der Waals surface area (Å²) in [5, 5.41) is 2.49. The molecule has 1 saturated carbocycles. The van der Waals surface area contributed by atoms with Gasteiger partial charge in [0.1, 0.15) is 0 Å². The van der Waals surface area contributed by atoms with Crippen LogP contribution in [0.2, 0.25) is 0 Å². The van der Waals surface area contributed by atoms with E-state index in [1.54, 1.807) is 0 Å². The largest absolute Gasteiger partial charge is 0.455 e. The van der Waals surface area contributed by atoms with Gasteiger partial charge in [-0.15, -0.1) is 0 Å². The van der Waals surface area contributed by atoms with E-state index in [0.29, 0.717) is 5.69 Å². The Bertz CT molecular complexity index is 694. The Kier molecular flexibility index (Phi) is 5.92. The zero-order valence-corrected chi connectivity index (χ0v) is 15.0. The van der Waals surface area contributed by atoms with Crippen LogP contribution in [0.1, 0.15) is 44.1 Å². The quantitative estimate of drug-likeness (QED) is 0.781. The number of benzene rings is 1. The third-order valence-electron chi connectivity index (χ3n) is 5.08. The molecule has 3 rings (SSSR count). The van der Waals surface area contributed by atoms with Gasteiger partial charge in [0.05, 0.1) is 22.9 Å². The van der Waals surface area contributed by atoms with Crippen molar-refractivity contribution in [2.75, 3.05) is 29.9 Å². The molecule has 0 spiro atoms. The van der Waals surface area contributed by atoms with Crippen LogP contribution in [0, 0.1) is 5.92 Å². The van der Waals surface area contributed by atoms with Crippen molar-refractivity contribution in [1.82, 2.24) is 0 Å². The van der Waals surface area contributed by atoms with Gasteiger partial charge in [-0.3, -0.25) is 9.59 Å². The second-order valence-electron chi connectivity index (χ2n) is 7.06. The molecule has 2 fully saturated rings. The maximum Gasteiger partial charge on any atom is 0.416 e. The van der Waals surface area contributed by atoms with Crippen molar-refractivity contribution in [2.45, 2.75) is 44.7 Å². The molecule has 27 heavy (non-hydrogen) atoms. The Balaban J connectivity index is 1.69. The van der Waals surface area contributed by atoms with Crippen LogP contribution >= 0.6 is 0 Å². The van der Waals surface area contributed by atoms with Crippen molar-refractivity contribution in [1.29, 1.82) is 0 Å². The van der Waals surface area contributed by atoms with E-state index >= 15 is 0 Å². The third kappa shape index (κ3) is 4.93. The Hall–Kier alpha value is -2.25. The molecule has 1 aliphatic carbocycles. The van der Waals surface area contributed by atoms with Crippen molar-refractivity contribution >= 4 is 23.3 Å². The fourth-order valence-corrected chi connectivity index (χ4v) is 3.65. The number of esters is 1. The molecule has 0 aromatic heterocycles. The van der Waals surface area contributed by atoms with Gasteiger partial charge in [0, 0.05) is 13.1 Å². The van der Waals surface area contributed by atoms with E-state index in [4.69, 9.17) is 4.74 Å². The minimum absolute atomic E-state index is 0.0913. The first kappa shape index (κ1) is 19.5. The fraction of sp³-hybridized carbons (Fsp3) is 0.579. The van der Waals surface area contributed by atoms with Crippen LogP contribution in [0.5, 0.6) is 0 Å². The smallest absolute Gasteiger partial charge is 0.416 e. The molecule has 0 unspecified atom stereocenters. The van der Waals surface area contributed by atoms with Crippen molar-refractivity contribution < 1.29 is 27.5 Å². The lowest BCUT2D eigenvalue weighted by atomic mass is 10.1. The Morgan fingerprint density at radius 2 is 1.78 bits per heavy atom. The van der Waals surface area contributed by atoms with E-state index in [1.807, 2.05) is 4.90 Å². The summed E-state index contributed by atoms with van der Waals surface area (Å²) in [5.41, 5.74) is -0.187. The highest BCUT2D eigenvalue weighted by molar-refractivity contribution is 5.96. The number of nitrogens with zero attached hydrogens (tertiary/aromatic N) is 1. The fourth-order valence-electron chi connectivity index (χ4n) is 3.65. The maximum atomic E-state index is 13.0. The molecule has 0 atom stereocenters. The maximum absolute atomic E-state index is 13.0. The lowest BCUT2D eigenvalue weighted by Gasteiger charge is -2.23. The third-order valence-corrected chi connectivity index (χ3v) is 5.08. The number of hydrogen-bond donors (Lipinski definition) is 1. The first-order chi connectivity index (χ1) is 12.8. The molecule has 5 nitrogen and oxygen atoms in total. The van der Waals surface area contributed by atoms with E-state index in [0.717, 1.165) is 63.7 Å². The molecular weight excluding hydrogens is 361 g/mol. The Labute approximate surface area is 155 Å². The molecule has 1 N–H and O–H groups in total. The molecule has 1 aliphatic heterocycles. The predicted molar refractivity (Wildman–Crippen MR) is 94.4 cm³/mol. The Morgan fingerprint density at radius 1 is 1.11 bits per heavy atom. The van der Waals surface area contributed by atoms with E-state index in [-0.39, 0.29) is 11.6 Å². The number of rotatable bonds is 5. The zero-order chi connectivity index (χ0) is 19.4. The summed E-state index contributed by atoms with van der Waals surface area (Å²) in [7, 11) is 0. The van der Waals surface area contributed by atoms with Gasteiger partial charge >= 0.3 is 12.1 Å². The first-order valence-corrected chi connectivity index (χ1v) is 9.27. The molecule has 8 heteroatoms. The summed E-state index contributed by atoms with van der Waals surface area (Å²) < 4.78 is 44.2. The molecule has 1 aromatic carbocycles. The summed E-state index contributed by atoms with van der Waals surface area (Å²) in [6.07, 6.45) is 0.851. The average molecular weight is 384 g/mol. The second-order valence-corrected chi connectivity index (χ2v) is 7.06. The summed E-state index contributed by atoms with van der Waals surface area (Å²) in [6.45, 7) is 0.959. The number of ether oxygens (including phenoxy) is 1. The number of carbonyl (C=O) groups is 2. The van der Waals surface area contributed by atoms with Gasteiger partial charge in [-0.25, -0.2) is 0 Å². The lowest BCUT2D eigenvalue weighted by Crippen LogP contribution is -2.26. The van der Waals surface area contributed by atoms with Crippen LogP contribution in [0.15, 0.2) is 18.2 Å². The summed E-state index contributed by atoms with van der Waals surface area (Å²) in [4.78, 5) is 26.0. The molecule has 148 valence electrons. The van der Waals surface area contributed by atoms with Gasteiger partial charge < -0.3 is 15.0 Å². The molecule has 1 saturated heterocycles. The van der Waals surface area contributed by atoms with Crippen LogP contribution in [0.4, 0.5) is 24.5 Å². The highest BCUT2D eigenvalue weighted by atomic mass is 19.4. The molecule has 0 bridgehead atoms. The van der Waals surface area contributed by atoms with Crippen LogP contribution < -0.4 is 10.2 Å². The SMILES string of the molecule is O=C(COC(=O)C1CCCC1)Nc1cc(C(F)(F)F)ccc1N1CCCC1. The summed E-state index contributed by atoms with van der Waals surface area (Å²) in [6, 6.07) is 3.34. The van der Waals surface area contributed by atoms with Crippen LogP contribution in [-0.2, 0) is 20.5 Å². The number of nitrogens with one attached hydrogen (secondary N) is 1. The van der Waals surface area contributed by atoms with E-state index in [1.165, 1.54) is 6.07 Å². The zero-order valence-electron chi connectivity index (χ0n) is 15.0. The summed E-state index contributed by atoms with van der Waals surface area (Å²) in [5.74, 6) is -1.22. The lowest BCUT2D eigenvalue weighted by molar-refractivity contribution is -0.151. The van der Waals surface area contributed by atoms with Gasteiger partial charge in [0.25, 0.3) is 5.91 Å². The topological polar surface area (TPSA) is 58.6 Å². The van der Waals surface area contributed by atoms with Gasteiger partial charge in [0.15, 0.2) is 6.61 Å². The van der Waals surface area contributed by atoms with Gasteiger partial charge in [-0.2, -0.15) is 13.2 Å². The van der Waals surface area contributed by atoms with Crippen molar-refractivity contribution in [3.8, 4) is 0 Å². The number of alkyl halides is 3. The van der Waals surface area contributed by atoms with Crippen molar-refractivity contribution in [3.05, 3.63) is 23.8 Å². The molecule has 2 aliphatic rings. The molecule has 1 aromatic rings. The Morgan fingerprint density at radius 3 is 2.41 bits per heavy atom. The van der Waals surface area contributed by atoms with Crippen LogP contribution in [0.25, 0.3) is 0 Å². The highest BCUT2D eigenvalue weighted by Crippen LogP contribution is 2.36. The average Bonchev–Trinajstić information content (AvgIpc) is 3.32. The van der Waals surface area contributed by atoms with Gasteiger partial charge in [0.2, 0.25) is 0 Å². The van der Waals surface area contributed by atoms with Gasteiger partial charge in [-0.05, 0) is 43.9 Å². The van der Waals surface area contributed by atoms with E-state index in [9.17, 15) is 22.8 Å². The number of amides is 1. The van der Waals surface area contributed by atoms with Crippen molar-refractivity contribution in [2.24, 2.45) is 5.92 Å².